The Morgan fingerprint density at radius 2 is 2.27 bits per heavy atom. The first-order chi connectivity index (χ1) is 10.7. The maximum Gasteiger partial charge on any atom is 0.122 e. The predicted octanol–water partition coefficient (Wildman–Crippen LogP) is 2.51. The summed E-state index contributed by atoms with van der Waals surface area (Å²) in [7, 11) is 4.00. The molecule has 0 spiro atoms. The molecule has 0 aromatic carbocycles. The zero-order valence-electron chi connectivity index (χ0n) is 12.5. The molecule has 0 fully saturated rings. The number of nitrogens with zero attached hydrogens (tertiary/aromatic N) is 4. The lowest BCUT2D eigenvalue weighted by atomic mass is 10.2. The maximum atomic E-state index is 9.31. The summed E-state index contributed by atoms with van der Waals surface area (Å²) < 4.78 is 7.26. The summed E-state index contributed by atoms with van der Waals surface area (Å²) >= 11 is 0. The van der Waals surface area contributed by atoms with Crippen LogP contribution in [0.15, 0.2) is 47.3 Å². The molecule has 22 heavy (non-hydrogen) atoms. The van der Waals surface area contributed by atoms with Gasteiger partial charge >= 0.3 is 0 Å². The largest absolute Gasteiger partial charge is 0.468 e. The highest BCUT2D eigenvalue weighted by Crippen LogP contribution is 2.24. The van der Waals surface area contributed by atoms with E-state index in [0.29, 0.717) is 12.1 Å². The maximum absolute atomic E-state index is 9.31. The first kappa shape index (κ1) is 14.2. The summed E-state index contributed by atoms with van der Waals surface area (Å²) in [5, 5.41) is 16.9. The van der Waals surface area contributed by atoms with E-state index in [4.69, 9.17) is 4.42 Å². The van der Waals surface area contributed by atoms with Crippen molar-refractivity contribution in [3.63, 3.8) is 0 Å². The summed E-state index contributed by atoms with van der Waals surface area (Å²) in [5.41, 5.74) is 2.21. The Bertz CT molecular complexity index is 798. The molecule has 1 atom stereocenters. The van der Waals surface area contributed by atoms with Crippen molar-refractivity contribution in [3.05, 3.63) is 54.2 Å². The molecule has 0 radical (unpaired) electrons. The van der Waals surface area contributed by atoms with Crippen molar-refractivity contribution in [3.8, 4) is 6.07 Å². The fraction of sp³-hybridized carbons (Fsp3) is 0.250. The highest BCUT2D eigenvalue weighted by Gasteiger charge is 2.18. The molecule has 3 heterocycles. The van der Waals surface area contributed by atoms with Crippen LogP contribution in [0.1, 0.15) is 17.4 Å². The van der Waals surface area contributed by atoms with Gasteiger partial charge in [0.2, 0.25) is 0 Å². The van der Waals surface area contributed by atoms with E-state index in [1.165, 1.54) is 0 Å². The minimum absolute atomic E-state index is 0.0738. The standard InChI is InChI=1S/C16H17N5O/c1-20(2)14(15-6-4-8-22-15)11-18-16-12(9-17)10-19-21-7-3-5-13(16)21/h3-8,10,14,18H,11H2,1-2H3. The molecule has 1 N–H and O–H groups in total. The van der Waals surface area contributed by atoms with Gasteiger partial charge < -0.3 is 9.73 Å². The van der Waals surface area contributed by atoms with Crippen LogP contribution in [-0.4, -0.2) is 35.2 Å². The Labute approximate surface area is 128 Å². The van der Waals surface area contributed by atoms with Gasteiger partial charge in [0.15, 0.2) is 0 Å². The van der Waals surface area contributed by atoms with E-state index in [0.717, 1.165) is 17.0 Å². The predicted molar refractivity (Wildman–Crippen MR) is 83.5 cm³/mol. The quantitative estimate of drug-likeness (QED) is 0.783. The zero-order chi connectivity index (χ0) is 15.5. The summed E-state index contributed by atoms with van der Waals surface area (Å²) in [5.74, 6) is 0.886. The number of hydrogen-bond acceptors (Lipinski definition) is 5. The van der Waals surface area contributed by atoms with E-state index >= 15 is 0 Å². The molecule has 1 unspecified atom stereocenters. The molecule has 0 amide bonds. The number of anilines is 1. The van der Waals surface area contributed by atoms with Gasteiger partial charge in [0.05, 0.1) is 35.3 Å². The number of rotatable bonds is 5. The minimum Gasteiger partial charge on any atom is -0.468 e. The number of fused-ring (bicyclic) bond motifs is 1. The van der Waals surface area contributed by atoms with Crippen LogP contribution in [0.3, 0.4) is 0 Å². The van der Waals surface area contributed by atoms with Gasteiger partial charge in [0.25, 0.3) is 0 Å². The van der Waals surface area contributed by atoms with Crippen LogP contribution in [0.2, 0.25) is 0 Å². The van der Waals surface area contributed by atoms with Crippen LogP contribution in [0.4, 0.5) is 5.69 Å². The summed E-state index contributed by atoms with van der Waals surface area (Å²) in [6.45, 7) is 0.625. The number of nitrogens with one attached hydrogen (secondary N) is 1. The van der Waals surface area contributed by atoms with Crippen LogP contribution in [0.25, 0.3) is 5.52 Å². The van der Waals surface area contributed by atoms with E-state index in [9.17, 15) is 5.26 Å². The lowest BCUT2D eigenvalue weighted by molar-refractivity contribution is 0.269. The second-order valence-corrected chi connectivity index (χ2v) is 5.26. The van der Waals surface area contributed by atoms with Gasteiger partial charge in [-0.05, 0) is 38.4 Å². The Morgan fingerprint density at radius 1 is 1.41 bits per heavy atom. The third-order valence-electron chi connectivity index (χ3n) is 3.65. The van der Waals surface area contributed by atoms with Crippen molar-refractivity contribution in [2.75, 3.05) is 26.0 Å². The second kappa shape index (κ2) is 5.92. The van der Waals surface area contributed by atoms with Crippen LogP contribution in [-0.2, 0) is 0 Å². The average molecular weight is 295 g/mol. The van der Waals surface area contributed by atoms with E-state index < -0.39 is 0 Å². The van der Waals surface area contributed by atoms with Gasteiger partial charge in [-0.1, -0.05) is 0 Å². The fourth-order valence-electron chi connectivity index (χ4n) is 2.48. The van der Waals surface area contributed by atoms with Gasteiger partial charge in [-0.2, -0.15) is 10.4 Å². The average Bonchev–Trinajstić information content (AvgIpc) is 3.18. The molecule has 0 aliphatic rings. The summed E-state index contributed by atoms with van der Waals surface area (Å²) in [6.07, 6.45) is 5.11. The molecular formula is C16H17N5O. The van der Waals surface area contributed by atoms with Crippen LogP contribution in [0, 0.1) is 11.3 Å². The molecule has 0 bridgehead atoms. The normalized spacial score (nSPS) is 12.5. The Balaban J connectivity index is 1.90. The number of aromatic nitrogens is 2. The van der Waals surface area contributed by atoms with Gasteiger partial charge in [0, 0.05) is 12.7 Å². The SMILES string of the molecule is CN(C)C(CNc1c(C#N)cnn2cccc12)c1ccco1. The van der Waals surface area contributed by atoms with Gasteiger partial charge in [-0.3, -0.25) is 4.90 Å². The number of likely N-dealkylation sites (N-methyl/N-ethyl adjacent to an activating group) is 1. The lowest BCUT2D eigenvalue weighted by Gasteiger charge is -2.23. The first-order valence-corrected chi connectivity index (χ1v) is 7.01. The molecule has 0 saturated carbocycles. The lowest BCUT2D eigenvalue weighted by Crippen LogP contribution is -2.26. The van der Waals surface area contributed by atoms with E-state index in [1.54, 1.807) is 17.0 Å². The van der Waals surface area contributed by atoms with Crippen LogP contribution < -0.4 is 5.32 Å². The number of furan rings is 1. The third kappa shape index (κ3) is 2.54. The molecule has 0 aliphatic carbocycles. The summed E-state index contributed by atoms with van der Waals surface area (Å²) in [6, 6.07) is 9.94. The van der Waals surface area contributed by atoms with Crippen molar-refractivity contribution in [1.29, 1.82) is 5.26 Å². The molecule has 3 aromatic rings. The van der Waals surface area contributed by atoms with Crippen molar-refractivity contribution in [1.82, 2.24) is 14.5 Å². The van der Waals surface area contributed by atoms with Crippen LogP contribution >= 0.6 is 0 Å². The van der Waals surface area contributed by atoms with Crippen LogP contribution in [0.5, 0.6) is 0 Å². The van der Waals surface area contributed by atoms with Crippen molar-refractivity contribution in [2.45, 2.75) is 6.04 Å². The molecule has 3 rings (SSSR count). The Hall–Kier alpha value is -2.78. The molecular weight excluding hydrogens is 278 g/mol. The molecule has 0 saturated heterocycles. The number of hydrogen-bond donors (Lipinski definition) is 1. The minimum atomic E-state index is 0.0738. The molecule has 112 valence electrons. The smallest absolute Gasteiger partial charge is 0.122 e. The van der Waals surface area contributed by atoms with E-state index in [2.05, 4.69) is 21.4 Å². The van der Waals surface area contributed by atoms with Crippen molar-refractivity contribution >= 4 is 11.2 Å². The van der Waals surface area contributed by atoms with Crippen molar-refractivity contribution < 1.29 is 4.42 Å². The van der Waals surface area contributed by atoms with Gasteiger partial charge in [-0.15, -0.1) is 0 Å². The molecule has 3 aromatic heterocycles. The summed E-state index contributed by atoms with van der Waals surface area (Å²) in [4.78, 5) is 2.08. The highest BCUT2D eigenvalue weighted by atomic mass is 16.3. The number of nitriles is 1. The second-order valence-electron chi connectivity index (χ2n) is 5.26. The monoisotopic (exact) mass is 295 g/mol. The molecule has 0 aliphatic heterocycles. The zero-order valence-corrected chi connectivity index (χ0v) is 12.5. The fourth-order valence-corrected chi connectivity index (χ4v) is 2.48. The van der Waals surface area contributed by atoms with E-state index in [1.807, 2.05) is 44.6 Å². The molecule has 6 heteroatoms. The first-order valence-electron chi connectivity index (χ1n) is 7.01. The topological polar surface area (TPSA) is 69.5 Å². The molecule has 6 nitrogen and oxygen atoms in total. The third-order valence-corrected chi connectivity index (χ3v) is 3.65. The Kier molecular flexibility index (Phi) is 3.81. The van der Waals surface area contributed by atoms with E-state index in [-0.39, 0.29) is 6.04 Å². The highest BCUT2D eigenvalue weighted by molar-refractivity contribution is 5.77. The van der Waals surface area contributed by atoms with Gasteiger partial charge in [-0.25, -0.2) is 4.52 Å². The van der Waals surface area contributed by atoms with Crippen molar-refractivity contribution in [2.24, 2.45) is 0 Å². The Morgan fingerprint density at radius 3 is 2.95 bits per heavy atom. The van der Waals surface area contributed by atoms with Gasteiger partial charge in [0.1, 0.15) is 11.8 Å².